The van der Waals surface area contributed by atoms with Crippen LogP contribution in [0.5, 0.6) is 0 Å². The molecule has 1 aliphatic carbocycles. The molecule has 2 atom stereocenters. The van der Waals surface area contributed by atoms with E-state index in [2.05, 4.69) is 12.2 Å². The van der Waals surface area contributed by atoms with E-state index in [0.717, 1.165) is 31.4 Å². The highest BCUT2D eigenvalue weighted by molar-refractivity contribution is 5.79. The van der Waals surface area contributed by atoms with Gasteiger partial charge in [0.05, 0.1) is 6.04 Å². The molecule has 0 fully saturated rings. The molecule has 1 aliphatic rings. The van der Waals surface area contributed by atoms with Crippen molar-refractivity contribution in [2.24, 2.45) is 5.92 Å². The molecule has 0 saturated carbocycles. The van der Waals surface area contributed by atoms with E-state index in [4.69, 9.17) is 5.73 Å². The van der Waals surface area contributed by atoms with Crippen LogP contribution >= 0.6 is 0 Å². The molecule has 0 radical (unpaired) electrons. The average Bonchev–Trinajstić information content (AvgIpc) is 2.72. The number of carbonyl (C=O) groups excluding carboxylic acids is 1. The van der Waals surface area contributed by atoms with E-state index in [9.17, 15) is 4.79 Å². The Kier molecular flexibility index (Phi) is 3.90. The SMILES string of the molecule is CCCC(C)C(=O)NC1CCc2cc(N)ccc21. The van der Waals surface area contributed by atoms with Crippen LogP contribution in [0.2, 0.25) is 0 Å². The number of hydrogen-bond acceptors (Lipinski definition) is 2. The lowest BCUT2D eigenvalue weighted by Gasteiger charge is -2.17. The molecule has 3 nitrogen and oxygen atoms in total. The standard InChI is InChI=1S/C15H22N2O/c1-3-4-10(2)15(18)17-14-8-5-11-9-12(16)6-7-13(11)14/h6-7,9-10,14H,3-5,8,16H2,1-2H3,(H,17,18). The quantitative estimate of drug-likeness (QED) is 0.803. The molecule has 0 aliphatic heterocycles. The molecule has 0 bridgehead atoms. The number of nitrogens with one attached hydrogen (secondary N) is 1. The summed E-state index contributed by atoms with van der Waals surface area (Å²) in [5, 5.41) is 3.16. The number of anilines is 1. The summed E-state index contributed by atoms with van der Waals surface area (Å²) in [6.45, 7) is 4.11. The van der Waals surface area contributed by atoms with Gasteiger partial charge in [0, 0.05) is 11.6 Å². The van der Waals surface area contributed by atoms with Crippen LogP contribution in [0.1, 0.15) is 50.3 Å². The van der Waals surface area contributed by atoms with Crippen molar-refractivity contribution in [2.45, 2.75) is 45.6 Å². The maximum Gasteiger partial charge on any atom is 0.223 e. The molecule has 1 aromatic carbocycles. The molecule has 18 heavy (non-hydrogen) atoms. The van der Waals surface area contributed by atoms with E-state index in [-0.39, 0.29) is 17.9 Å². The van der Waals surface area contributed by atoms with Crippen LogP contribution in [0, 0.1) is 5.92 Å². The minimum atomic E-state index is 0.104. The molecule has 0 heterocycles. The van der Waals surface area contributed by atoms with E-state index >= 15 is 0 Å². The van der Waals surface area contributed by atoms with Gasteiger partial charge in [-0.3, -0.25) is 4.79 Å². The van der Waals surface area contributed by atoms with E-state index in [1.165, 1.54) is 11.1 Å². The first-order valence-electron chi connectivity index (χ1n) is 6.80. The monoisotopic (exact) mass is 246 g/mol. The van der Waals surface area contributed by atoms with E-state index in [1.54, 1.807) is 0 Å². The van der Waals surface area contributed by atoms with Crippen molar-refractivity contribution in [3.05, 3.63) is 29.3 Å². The highest BCUT2D eigenvalue weighted by atomic mass is 16.1. The second-order valence-electron chi connectivity index (χ2n) is 5.25. The highest BCUT2D eigenvalue weighted by Gasteiger charge is 2.25. The summed E-state index contributed by atoms with van der Waals surface area (Å²) < 4.78 is 0. The van der Waals surface area contributed by atoms with Crippen LogP contribution in [-0.2, 0) is 11.2 Å². The van der Waals surface area contributed by atoms with Crippen molar-refractivity contribution in [1.29, 1.82) is 0 Å². The van der Waals surface area contributed by atoms with Gasteiger partial charge in [0.15, 0.2) is 0 Å². The molecule has 98 valence electrons. The Balaban J connectivity index is 2.03. The van der Waals surface area contributed by atoms with E-state index in [0.29, 0.717) is 0 Å². The van der Waals surface area contributed by atoms with E-state index < -0.39 is 0 Å². The Hall–Kier alpha value is -1.51. The zero-order chi connectivity index (χ0) is 13.1. The average molecular weight is 246 g/mol. The summed E-state index contributed by atoms with van der Waals surface area (Å²) in [7, 11) is 0. The van der Waals surface area contributed by atoms with E-state index in [1.807, 2.05) is 25.1 Å². The summed E-state index contributed by atoms with van der Waals surface area (Å²) in [6.07, 6.45) is 4.00. The predicted octanol–water partition coefficient (Wildman–Crippen LogP) is 2.81. The van der Waals surface area contributed by atoms with Gasteiger partial charge in [0.1, 0.15) is 0 Å². The maximum absolute atomic E-state index is 12.0. The fourth-order valence-electron chi connectivity index (χ4n) is 2.67. The lowest BCUT2D eigenvalue weighted by Crippen LogP contribution is -2.31. The van der Waals surface area contributed by atoms with Crippen LogP contribution < -0.4 is 11.1 Å². The molecular weight excluding hydrogens is 224 g/mol. The van der Waals surface area contributed by atoms with Gasteiger partial charge in [0.2, 0.25) is 5.91 Å². The van der Waals surface area contributed by atoms with Crippen molar-refractivity contribution in [3.8, 4) is 0 Å². The number of carbonyl (C=O) groups is 1. The van der Waals surface area contributed by atoms with Gasteiger partial charge >= 0.3 is 0 Å². The van der Waals surface area contributed by atoms with Crippen molar-refractivity contribution < 1.29 is 4.79 Å². The van der Waals surface area contributed by atoms with Gasteiger partial charge in [-0.15, -0.1) is 0 Å². The largest absolute Gasteiger partial charge is 0.399 e. The van der Waals surface area contributed by atoms with Crippen LogP contribution in [0.4, 0.5) is 5.69 Å². The van der Waals surface area contributed by atoms with Gasteiger partial charge in [-0.2, -0.15) is 0 Å². The fraction of sp³-hybridized carbons (Fsp3) is 0.533. The number of aryl methyl sites for hydroxylation is 1. The first-order valence-corrected chi connectivity index (χ1v) is 6.80. The minimum Gasteiger partial charge on any atom is -0.399 e. The summed E-state index contributed by atoms with van der Waals surface area (Å²) in [4.78, 5) is 12.0. The molecule has 3 heteroatoms. The number of hydrogen-bond donors (Lipinski definition) is 2. The lowest BCUT2D eigenvalue weighted by molar-refractivity contribution is -0.125. The molecule has 0 saturated heterocycles. The molecule has 2 rings (SSSR count). The third kappa shape index (κ3) is 2.66. The number of nitrogen functional groups attached to an aromatic ring is 1. The van der Waals surface area contributed by atoms with Crippen molar-refractivity contribution in [3.63, 3.8) is 0 Å². The molecule has 3 N–H and O–H groups in total. The predicted molar refractivity (Wildman–Crippen MR) is 74.1 cm³/mol. The van der Waals surface area contributed by atoms with Crippen LogP contribution in [0.3, 0.4) is 0 Å². The summed E-state index contributed by atoms with van der Waals surface area (Å²) in [5.41, 5.74) is 9.10. The molecule has 0 spiro atoms. The number of benzene rings is 1. The summed E-state index contributed by atoms with van der Waals surface area (Å²) in [5.74, 6) is 0.277. The summed E-state index contributed by atoms with van der Waals surface area (Å²) in [6, 6.07) is 6.16. The Bertz CT molecular complexity index is 442. The summed E-state index contributed by atoms with van der Waals surface area (Å²) >= 11 is 0. The Morgan fingerprint density at radius 1 is 1.56 bits per heavy atom. The normalized spacial score (nSPS) is 19.3. The van der Waals surface area contributed by atoms with Gasteiger partial charge in [-0.25, -0.2) is 0 Å². The van der Waals surface area contributed by atoms with Gasteiger partial charge in [-0.1, -0.05) is 26.3 Å². The minimum absolute atomic E-state index is 0.104. The Labute approximate surface area is 109 Å². The van der Waals surface area contributed by atoms with Crippen LogP contribution in [0.15, 0.2) is 18.2 Å². The first kappa shape index (κ1) is 12.9. The smallest absolute Gasteiger partial charge is 0.223 e. The molecule has 1 amide bonds. The highest BCUT2D eigenvalue weighted by Crippen LogP contribution is 2.32. The van der Waals surface area contributed by atoms with Crippen molar-refractivity contribution >= 4 is 11.6 Å². The van der Waals surface area contributed by atoms with Gasteiger partial charge < -0.3 is 11.1 Å². The maximum atomic E-state index is 12.0. The second-order valence-corrected chi connectivity index (χ2v) is 5.25. The third-order valence-electron chi connectivity index (χ3n) is 3.73. The Morgan fingerprint density at radius 2 is 2.33 bits per heavy atom. The lowest BCUT2D eigenvalue weighted by atomic mass is 10.0. The Morgan fingerprint density at radius 3 is 3.06 bits per heavy atom. The number of nitrogens with two attached hydrogens (primary N) is 1. The van der Waals surface area contributed by atoms with Gasteiger partial charge in [0.25, 0.3) is 0 Å². The second kappa shape index (κ2) is 5.42. The fourth-order valence-corrected chi connectivity index (χ4v) is 2.67. The van der Waals surface area contributed by atoms with Crippen molar-refractivity contribution in [1.82, 2.24) is 5.32 Å². The van der Waals surface area contributed by atoms with Gasteiger partial charge in [-0.05, 0) is 42.5 Å². The van der Waals surface area contributed by atoms with Crippen molar-refractivity contribution in [2.75, 3.05) is 5.73 Å². The zero-order valence-electron chi connectivity index (χ0n) is 11.2. The molecule has 0 aromatic heterocycles. The topological polar surface area (TPSA) is 55.1 Å². The molecular formula is C15H22N2O. The third-order valence-corrected chi connectivity index (χ3v) is 3.73. The molecule has 1 aromatic rings. The molecule has 2 unspecified atom stereocenters. The number of rotatable bonds is 4. The zero-order valence-corrected chi connectivity index (χ0v) is 11.2. The van der Waals surface area contributed by atoms with Crippen LogP contribution in [0.25, 0.3) is 0 Å². The van der Waals surface area contributed by atoms with Crippen LogP contribution in [-0.4, -0.2) is 5.91 Å². The number of amides is 1. The first-order chi connectivity index (χ1) is 8.61. The number of fused-ring (bicyclic) bond motifs is 1.